The molecule has 7 heteroatoms. The normalized spacial score (nSPS) is 15.9. The van der Waals surface area contributed by atoms with Gasteiger partial charge in [-0.25, -0.2) is 0 Å². The Kier molecular flexibility index (Phi) is 3.19. The zero-order valence-electron chi connectivity index (χ0n) is 10.3. The van der Waals surface area contributed by atoms with Gasteiger partial charge in [0.05, 0.1) is 17.9 Å². The fraction of sp³-hybridized carbons (Fsp3) is 0.0769. The monoisotopic (exact) mass is 307 g/mol. The quantitative estimate of drug-likeness (QED) is 0.855. The predicted molar refractivity (Wildman–Crippen MR) is 77.5 cm³/mol. The SMILES string of the molecule is O=S1(=O)N=CN(Cc2cc(Cl)ccn2)c2ccccc21. The van der Waals surface area contributed by atoms with E-state index in [0.717, 1.165) is 5.69 Å². The zero-order valence-corrected chi connectivity index (χ0v) is 11.8. The summed E-state index contributed by atoms with van der Waals surface area (Å²) in [6, 6.07) is 10.2. The Hall–Kier alpha value is -1.92. The molecule has 0 N–H and O–H groups in total. The molecule has 0 unspecified atom stereocenters. The van der Waals surface area contributed by atoms with E-state index in [-0.39, 0.29) is 4.90 Å². The van der Waals surface area contributed by atoms with Gasteiger partial charge >= 0.3 is 0 Å². The molecule has 0 saturated heterocycles. The van der Waals surface area contributed by atoms with Crippen LogP contribution in [0.4, 0.5) is 5.69 Å². The van der Waals surface area contributed by atoms with Crippen molar-refractivity contribution in [1.82, 2.24) is 4.98 Å². The molecule has 0 amide bonds. The van der Waals surface area contributed by atoms with Gasteiger partial charge in [0.15, 0.2) is 0 Å². The highest BCUT2D eigenvalue weighted by Crippen LogP contribution is 2.30. The van der Waals surface area contributed by atoms with E-state index >= 15 is 0 Å². The number of pyridine rings is 1. The molecule has 0 fully saturated rings. The van der Waals surface area contributed by atoms with Crippen molar-refractivity contribution in [2.24, 2.45) is 4.40 Å². The number of rotatable bonds is 2. The molecule has 0 radical (unpaired) electrons. The molecule has 1 aliphatic heterocycles. The van der Waals surface area contributed by atoms with Crippen molar-refractivity contribution in [3.63, 3.8) is 0 Å². The van der Waals surface area contributed by atoms with E-state index < -0.39 is 10.0 Å². The molecule has 5 nitrogen and oxygen atoms in total. The van der Waals surface area contributed by atoms with Crippen molar-refractivity contribution in [1.29, 1.82) is 0 Å². The number of sulfonamides is 1. The molecular formula is C13H10ClN3O2S. The summed E-state index contributed by atoms with van der Waals surface area (Å²) in [5, 5.41) is 0.588. The Labute approximate surface area is 121 Å². The van der Waals surface area contributed by atoms with Crippen molar-refractivity contribution in [2.45, 2.75) is 11.4 Å². The van der Waals surface area contributed by atoms with Crippen molar-refractivity contribution >= 4 is 33.7 Å². The second kappa shape index (κ2) is 4.88. The average molecular weight is 308 g/mol. The smallest absolute Gasteiger partial charge is 0.285 e. The lowest BCUT2D eigenvalue weighted by Crippen LogP contribution is -2.27. The second-order valence-corrected chi connectivity index (χ2v) is 6.29. The number of benzene rings is 1. The van der Waals surface area contributed by atoms with Crippen LogP contribution >= 0.6 is 11.6 Å². The first-order valence-corrected chi connectivity index (χ1v) is 7.65. The standard InChI is InChI=1S/C13H10ClN3O2S/c14-10-5-6-15-11(7-10)8-17-9-16-20(18,19)13-4-2-1-3-12(13)17/h1-7,9H,8H2. The van der Waals surface area contributed by atoms with Crippen LogP contribution in [0.5, 0.6) is 0 Å². The van der Waals surface area contributed by atoms with Gasteiger partial charge in [0.1, 0.15) is 11.2 Å². The average Bonchev–Trinajstić information content (AvgIpc) is 2.43. The number of halogens is 1. The maximum atomic E-state index is 11.9. The maximum absolute atomic E-state index is 11.9. The number of para-hydroxylation sites is 1. The number of fused-ring (bicyclic) bond motifs is 1. The Bertz CT molecular complexity index is 790. The van der Waals surface area contributed by atoms with Crippen LogP contribution in [0.15, 0.2) is 51.9 Å². The summed E-state index contributed by atoms with van der Waals surface area (Å²) in [4.78, 5) is 6.14. The molecular weight excluding hydrogens is 298 g/mol. The van der Waals surface area contributed by atoms with Gasteiger partial charge in [-0.2, -0.15) is 8.42 Å². The van der Waals surface area contributed by atoms with Crippen molar-refractivity contribution in [2.75, 3.05) is 4.90 Å². The fourth-order valence-electron chi connectivity index (χ4n) is 1.99. The molecule has 1 aromatic carbocycles. The van der Waals surface area contributed by atoms with Crippen LogP contribution < -0.4 is 4.90 Å². The molecule has 20 heavy (non-hydrogen) atoms. The molecule has 0 bridgehead atoms. The van der Waals surface area contributed by atoms with Crippen molar-refractivity contribution in [3.05, 3.63) is 53.3 Å². The maximum Gasteiger partial charge on any atom is 0.285 e. The Morgan fingerprint density at radius 3 is 2.80 bits per heavy atom. The zero-order chi connectivity index (χ0) is 14.2. The van der Waals surface area contributed by atoms with Gasteiger partial charge in [-0.05, 0) is 24.3 Å². The molecule has 1 aliphatic rings. The third-order valence-corrected chi connectivity index (χ3v) is 4.40. The minimum Gasteiger partial charge on any atom is -0.324 e. The summed E-state index contributed by atoms with van der Waals surface area (Å²) in [5.41, 5.74) is 1.32. The van der Waals surface area contributed by atoms with Crippen LogP contribution in [0.3, 0.4) is 0 Å². The summed E-state index contributed by atoms with van der Waals surface area (Å²) in [6.45, 7) is 0.399. The summed E-state index contributed by atoms with van der Waals surface area (Å²) in [7, 11) is -3.59. The lowest BCUT2D eigenvalue weighted by molar-refractivity contribution is 0.597. The van der Waals surface area contributed by atoms with E-state index in [2.05, 4.69) is 9.38 Å². The highest BCUT2D eigenvalue weighted by molar-refractivity contribution is 7.90. The summed E-state index contributed by atoms with van der Waals surface area (Å²) in [6.07, 6.45) is 2.92. The Morgan fingerprint density at radius 1 is 1.20 bits per heavy atom. The number of anilines is 1. The topological polar surface area (TPSA) is 62.6 Å². The molecule has 102 valence electrons. The predicted octanol–water partition coefficient (Wildman–Crippen LogP) is 2.47. The van der Waals surface area contributed by atoms with Gasteiger partial charge < -0.3 is 4.90 Å². The van der Waals surface area contributed by atoms with Crippen LogP contribution in [0.1, 0.15) is 5.69 Å². The lowest BCUT2D eigenvalue weighted by Gasteiger charge is -2.24. The number of hydrogen-bond acceptors (Lipinski definition) is 4. The third kappa shape index (κ3) is 2.39. The van der Waals surface area contributed by atoms with Gasteiger partial charge in [-0.1, -0.05) is 23.7 Å². The van der Waals surface area contributed by atoms with E-state index in [0.29, 0.717) is 17.3 Å². The van der Waals surface area contributed by atoms with Crippen molar-refractivity contribution < 1.29 is 8.42 Å². The van der Waals surface area contributed by atoms with Gasteiger partial charge in [0.25, 0.3) is 10.0 Å². The first-order valence-electron chi connectivity index (χ1n) is 5.83. The molecule has 2 heterocycles. The first kappa shape index (κ1) is 13.1. The largest absolute Gasteiger partial charge is 0.324 e. The fourth-order valence-corrected chi connectivity index (χ4v) is 3.22. The highest BCUT2D eigenvalue weighted by atomic mass is 35.5. The minimum absolute atomic E-state index is 0.199. The van der Waals surface area contributed by atoms with Gasteiger partial charge in [-0.3, -0.25) is 4.98 Å². The van der Waals surface area contributed by atoms with Crippen molar-refractivity contribution in [3.8, 4) is 0 Å². The second-order valence-electron chi connectivity index (χ2n) is 4.26. The molecule has 2 aromatic rings. The summed E-state index contributed by atoms with van der Waals surface area (Å²) < 4.78 is 27.3. The van der Waals surface area contributed by atoms with E-state index in [4.69, 9.17) is 11.6 Å². The molecule has 1 aromatic heterocycles. The lowest BCUT2D eigenvalue weighted by atomic mass is 10.2. The molecule has 0 atom stereocenters. The third-order valence-electron chi connectivity index (χ3n) is 2.89. The number of nitrogens with zero attached hydrogens (tertiary/aromatic N) is 3. The van der Waals surface area contributed by atoms with E-state index in [9.17, 15) is 8.42 Å². The minimum atomic E-state index is -3.59. The Morgan fingerprint density at radius 2 is 2.00 bits per heavy atom. The summed E-state index contributed by atoms with van der Waals surface area (Å²) >= 11 is 5.92. The highest BCUT2D eigenvalue weighted by Gasteiger charge is 2.24. The Balaban J connectivity index is 2.00. The number of hydrogen-bond donors (Lipinski definition) is 0. The van der Waals surface area contributed by atoms with Crippen LogP contribution in [0, 0.1) is 0 Å². The molecule has 0 aliphatic carbocycles. The summed E-state index contributed by atoms with van der Waals surface area (Å²) in [5.74, 6) is 0. The van der Waals surface area contributed by atoms with Crippen LogP contribution in [-0.2, 0) is 16.6 Å². The van der Waals surface area contributed by atoms with Gasteiger partial charge in [0.2, 0.25) is 0 Å². The van der Waals surface area contributed by atoms with Crippen LogP contribution in [-0.4, -0.2) is 19.7 Å². The number of aromatic nitrogens is 1. The molecule has 0 spiro atoms. The molecule has 3 rings (SSSR count). The molecule has 0 saturated carbocycles. The van der Waals surface area contributed by atoms with E-state index in [1.165, 1.54) is 6.34 Å². The van der Waals surface area contributed by atoms with Gasteiger partial charge in [0, 0.05) is 11.2 Å². The van der Waals surface area contributed by atoms with E-state index in [1.807, 2.05) is 0 Å². The van der Waals surface area contributed by atoms with E-state index in [1.54, 1.807) is 47.5 Å². The van der Waals surface area contributed by atoms with Gasteiger partial charge in [-0.15, -0.1) is 4.40 Å². The first-order chi connectivity index (χ1) is 9.56. The van der Waals surface area contributed by atoms with Crippen LogP contribution in [0.25, 0.3) is 0 Å². The van der Waals surface area contributed by atoms with Crippen LogP contribution in [0.2, 0.25) is 5.02 Å².